The van der Waals surface area contributed by atoms with Gasteiger partial charge in [-0.15, -0.1) is 0 Å². The lowest BCUT2D eigenvalue weighted by molar-refractivity contribution is -0.870. The van der Waals surface area contributed by atoms with Gasteiger partial charge >= 0.3 is 11.9 Å². The van der Waals surface area contributed by atoms with Gasteiger partial charge in [0.1, 0.15) is 19.8 Å². The molecule has 0 bridgehead atoms. The molecule has 0 aromatic heterocycles. The number of nitrogens with zero attached hydrogens (tertiary/aromatic N) is 1. The molecule has 0 aromatic carbocycles. The smallest absolute Gasteiger partial charge is 0.306 e. The van der Waals surface area contributed by atoms with Crippen LogP contribution in [0.3, 0.4) is 0 Å². The zero-order valence-corrected chi connectivity index (χ0v) is 34.4. The number of carbonyl (C=O) groups excluding carboxylic acids is 2. The summed E-state index contributed by atoms with van der Waals surface area (Å²) in [5.41, 5.74) is 0. The number of carbonyl (C=O) groups is 2. The van der Waals surface area contributed by atoms with Crippen molar-refractivity contribution in [2.45, 2.75) is 180 Å². The topological polar surface area (TPSA) is 111 Å². The van der Waals surface area contributed by atoms with Crippen molar-refractivity contribution in [3.05, 3.63) is 24.3 Å². The molecule has 0 spiro atoms. The molecule has 0 aliphatic carbocycles. The largest absolute Gasteiger partial charge is 0.756 e. The van der Waals surface area contributed by atoms with Gasteiger partial charge in [-0.3, -0.25) is 14.2 Å². The maximum Gasteiger partial charge on any atom is 0.306 e. The number of phosphoric acid groups is 1. The summed E-state index contributed by atoms with van der Waals surface area (Å²) in [5.74, 6) is -0.863. The van der Waals surface area contributed by atoms with Gasteiger partial charge in [-0.2, -0.15) is 0 Å². The van der Waals surface area contributed by atoms with Crippen LogP contribution in [0, 0.1) is 0 Å². The van der Waals surface area contributed by atoms with E-state index in [0.717, 1.165) is 64.2 Å². The summed E-state index contributed by atoms with van der Waals surface area (Å²) in [6, 6.07) is 0. The SMILES string of the molecule is CCCCC/C=C/CCCCCCCC(=O)O[C@H](COC(=O)CCCCC/C=C/CCCCCCCCCC)COP(=O)([O-])OCC[N+](C)(C)C. The van der Waals surface area contributed by atoms with Crippen molar-refractivity contribution in [2.24, 2.45) is 0 Å². The molecule has 9 nitrogen and oxygen atoms in total. The molecule has 0 amide bonds. The van der Waals surface area contributed by atoms with Crippen LogP contribution in [-0.2, 0) is 32.7 Å². The van der Waals surface area contributed by atoms with E-state index in [1.54, 1.807) is 0 Å². The molecule has 0 aromatic rings. The lowest BCUT2D eigenvalue weighted by atomic mass is 10.1. The number of hydrogen-bond acceptors (Lipinski definition) is 8. The molecule has 0 heterocycles. The van der Waals surface area contributed by atoms with E-state index in [9.17, 15) is 19.0 Å². The number of allylic oxidation sites excluding steroid dienone is 4. The van der Waals surface area contributed by atoms with Crippen molar-refractivity contribution in [1.82, 2.24) is 0 Å². The highest BCUT2D eigenvalue weighted by atomic mass is 31.2. The minimum atomic E-state index is -4.62. The standard InChI is InChI=1S/C41H78NO8P/c1-6-8-10-12-14-16-18-20-21-22-24-25-27-29-31-33-40(43)47-37-39(38-49-51(45,46)48-36-35-42(3,4)5)50-41(44)34-32-30-28-26-23-19-17-15-13-11-9-7-2/h15,17,22,24,39H,6-14,16,18-21,23,25-38H2,1-5H3/b17-15+,24-22+/t39-/m1/s1. The van der Waals surface area contributed by atoms with Crippen molar-refractivity contribution in [3.8, 4) is 0 Å². The Morgan fingerprint density at radius 1 is 0.588 bits per heavy atom. The molecule has 10 heteroatoms. The number of unbranched alkanes of at least 4 members (excludes halogenated alkanes) is 19. The monoisotopic (exact) mass is 744 g/mol. The average Bonchev–Trinajstić information content (AvgIpc) is 3.07. The summed E-state index contributed by atoms with van der Waals surface area (Å²) < 4.78 is 33.8. The third-order valence-electron chi connectivity index (χ3n) is 8.69. The van der Waals surface area contributed by atoms with E-state index < -0.39 is 32.5 Å². The zero-order chi connectivity index (χ0) is 37.9. The molecule has 300 valence electrons. The molecule has 0 saturated carbocycles. The summed E-state index contributed by atoms with van der Waals surface area (Å²) in [4.78, 5) is 37.4. The molecule has 0 fully saturated rings. The normalized spacial score (nSPS) is 13.9. The van der Waals surface area contributed by atoms with Crippen LogP contribution in [0.2, 0.25) is 0 Å². The van der Waals surface area contributed by atoms with Crippen LogP contribution in [0.15, 0.2) is 24.3 Å². The molecule has 51 heavy (non-hydrogen) atoms. The second-order valence-corrected chi connectivity index (χ2v) is 16.4. The predicted molar refractivity (Wildman–Crippen MR) is 208 cm³/mol. The summed E-state index contributed by atoms with van der Waals surface area (Å²) in [5, 5.41) is 0. The molecular formula is C41H78NO8P. The number of phosphoric ester groups is 1. The van der Waals surface area contributed by atoms with Gasteiger partial charge in [-0.1, -0.05) is 122 Å². The van der Waals surface area contributed by atoms with Gasteiger partial charge in [-0.05, 0) is 64.2 Å². The first-order valence-corrected chi connectivity index (χ1v) is 22.0. The molecule has 0 saturated heterocycles. The Hall–Kier alpha value is -1.51. The van der Waals surface area contributed by atoms with Gasteiger partial charge in [0.15, 0.2) is 6.10 Å². The second kappa shape index (κ2) is 34.3. The van der Waals surface area contributed by atoms with Crippen molar-refractivity contribution in [2.75, 3.05) is 47.5 Å². The molecule has 2 atom stereocenters. The maximum absolute atomic E-state index is 12.6. The van der Waals surface area contributed by atoms with E-state index in [1.807, 2.05) is 21.1 Å². The van der Waals surface area contributed by atoms with Gasteiger partial charge in [0.25, 0.3) is 7.82 Å². The van der Waals surface area contributed by atoms with E-state index in [0.29, 0.717) is 23.9 Å². The van der Waals surface area contributed by atoms with Crippen LogP contribution in [0.5, 0.6) is 0 Å². The molecule has 0 N–H and O–H groups in total. The van der Waals surface area contributed by atoms with Crippen LogP contribution in [0.4, 0.5) is 0 Å². The Morgan fingerprint density at radius 2 is 1.00 bits per heavy atom. The average molecular weight is 744 g/mol. The fourth-order valence-corrected chi connectivity index (χ4v) is 6.14. The lowest BCUT2D eigenvalue weighted by Crippen LogP contribution is -2.37. The molecule has 0 rings (SSSR count). The number of ether oxygens (including phenoxy) is 2. The van der Waals surface area contributed by atoms with E-state index in [4.69, 9.17) is 18.5 Å². The van der Waals surface area contributed by atoms with Crippen molar-refractivity contribution >= 4 is 19.8 Å². The third kappa shape index (κ3) is 38.0. The number of esters is 2. The zero-order valence-electron chi connectivity index (χ0n) is 33.6. The van der Waals surface area contributed by atoms with Crippen LogP contribution >= 0.6 is 7.82 Å². The first-order chi connectivity index (χ1) is 24.5. The Balaban J connectivity index is 4.42. The highest BCUT2D eigenvalue weighted by molar-refractivity contribution is 7.45. The highest BCUT2D eigenvalue weighted by Crippen LogP contribution is 2.38. The molecule has 0 radical (unpaired) electrons. The van der Waals surface area contributed by atoms with Crippen LogP contribution < -0.4 is 4.89 Å². The number of rotatable bonds is 37. The molecule has 0 aliphatic rings. The molecule has 0 aliphatic heterocycles. The van der Waals surface area contributed by atoms with Crippen LogP contribution in [-0.4, -0.2) is 70.0 Å². The number of likely N-dealkylation sites (N-methyl/N-ethyl adjacent to an activating group) is 1. The van der Waals surface area contributed by atoms with Crippen molar-refractivity contribution < 1.29 is 42.1 Å². The number of hydrogen-bond donors (Lipinski definition) is 0. The van der Waals surface area contributed by atoms with Gasteiger partial charge in [-0.25, -0.2) is 0 Å². The fourth-order valence-electron chi connectivity index (χ4n) is 5.41. The summed E-state index contributed by atoms with van der Waals surface area (Å²) in [6.45, 7) is 4.16. The molecule has 1 unspecified atom stereocenters. The quantitative estimate of drug-likeness (QED) is 0.0203. The Bertz CT molecular complexity index is 933. The Labute approximate surface area is 313 Å². The lowest BCUT2D eigenvalue weighted by Gasteiger charge is -2.28. The first-order valence-electron chi connectivity index (χ1n) is 20.5. The minimum Gasteiger partial charge on any atom is -0.756 e. The van der Waals surface area contributed by atoms with E-state index in [-0.39, 0.29) is 26.1 Å². The summed E-state index contributed by atoms with van der Waals surface area (Å²) in [6.07, 6.45) is 34.9. The van der Waals surface area contributed by atoms with Gasteiger partial charge < -0.3 is 27.9 Å². The highest BCUT2D eigenvalue weighted by Gasteiger charge is 2.21. The summed E-state index contributed by atoms with van der Waals surface area (Å²) in [7, 11) is 1.15. The van der Waals surface area contributed by atoms with Crippen molar-refractivity contribution in [3.63, 3.8) is 0 Å². The van der Waals surface area contributed by atoms with Gasteiger partial charge in [0.2, 0.25) is 0 Å². The fraction of sp³-hybridized carbons (Fsp3) is 0.854. The Morgan fingerprint density at radius 3 is 1.51 bits per heavy atom. The van der Waals surface area contributed by atoms with Gasteiger partial charge in [0.05, 0.1) is 27.7 Å². The van der Waals surface area contributed by atoms with E-state index in [2.05, 4.69) is 38.2 Å². The molecular weight excluding hydrogens is 665 g/mol. The Kier molecular flexibility index (Phi) is 33.3. The minimum absolute atomic E-state index is 0.0337. The van der Waals surface area contributed by atoms with Crippen LogP contribution in [0.1, 0.15) is 174 Å². The summed E-state index contributed by atoms with van der Waals surface area (Å²) >= 11 is 0. The maximum atomic E-state index is 12.6. The van der Waals surface area contributed by atoms with E-state index >= 15 is 0 Å². The van der Waals surface area contributed by atoms with Crippen LogP contribution in [0.25, 0.3) is 0 Å². The predicted octanol–water partition coefficient (Wildman–Crippen LogP) is 10.6. The second-order valence-electron chi connectivity index (χ2n) is 15.0. The van der Waals surface area contributed by atoms with Crippen molar-refractivity contribution in [1.29, 1.82) is 0 Å². The number of quaternary nitrogens is 1. The van der Waals surface area contributed by atoms with E-state index in [1.165, 1.54) is 70.6 Å². The van der Waals surface area contributed by atoms with Gasteiger partial charge in [0, 0.05) is 12.8 Å². The first kappa shape index (κ1) is 49.5. The third-order valence-corrected chi connectivity index (χ3v) is 9.66.